The fourth-order valence-corrected chi connectivity index (χ4v) is 3.16. The minimum Gasteiger partial charge on any atom is -0.351 e. The van der Waals surface area contributed by atoms with Crippen LogP contribution < -0.4 is 5.32 Å². The molecule has 1 aliphatic rings. The van der Waals surface area contributed by atoms with Crippen LogP contribution in [-0.4, -0.2) is 29.9 Å². The lowest BCUT2D eigenvalue weighted by molar-refractivity contribution is -0.125. The summed E-state index contributed by atoms with van der Waals surface area (Å²) in [4.78, 5) is 14.7. The van der Waals surface area contributed by atoms with Crippen LogP contribution in [0.25, 0.3) is 5.57 Å². The van der Waals surface area contributed by atoms with Crippen molar-refractivity contribution in [1.82, 2.24) is 10.2 Å². The standard InChI is InChI=1S/C22H26N2O/c1-17-8-10-19(11-9-17)16-23-22(25)18(2)24-14-12-21(13-15-24)20-6-4-3-5-7-20/h3-12,18H,13-16H2,1-2H3,(H,23,25). The first-order chi connectivity index (χ1) is 12.1. The third kappa shape index (κ3) is 4.58. The fourth-order valence-electron chi connectivity index (χ4n) is 3.16. The number of nitrogens with zero attached hydrogens (tertiary/aromatic N) is 1. The quantitative estimate of drug-likeness (QED) is 0.902. The minimum absolute atomic E-state index is 0.0946. The molecule has 3 heteroatoms. The van der Waals surface area contributed by atoms with E-state index in [1.165, 1.54) is 16.7 Å². The van der Waals surface area contributed by atoms with Gasteiger partial charge < -0.3 is 5.32 Å². The Balaban J connectivity index is 1.53. The first-order valence-electron chi connectivity index (χ1n) is 8.95. The van der Waals surface area contributed by atoms with Crippen LogP contribution in [0.3, 0.4) is 0 Å². The summed E-state index contributed by atoms with van der Waals surface area (Å²) in [5.74, 6) is 0.0946. The first-order valence-corrected chi connectivity index (χ1v) is 8.95. The maximum atomic E-state index is 12.5. The molecule has 2 aromatic carbocycles. The number of hydrogen-bond acceptors (Lipinski definition) is 2. The Labute approximate surface area is 150 Å². The van der Waals surface area contributed by atoms with E-state index in [0.29, 0.717) is 6.54 Å². The second-order valence-corrected chi connectivity index (χ2v) is 6.72. The predicted molar refractivity (Wildman–Crippen MR) is 103 cm³/mol. The van der Waals surface area contributed by atoms with Gasteiger partial charge in [-0.1, -0.05) is 66.2 Å². The highest BCUT2D eigenvalue weighted by atomic mass is 16.2. The zero-order valence-electron chi connectivity index (χ0n) is 15.0. The minimum atomic E-state index is -0.112. The number of hydrogen-bond donors (Lipinski definition) is 1. The zero-order chi connectivity index (χ0) is 17.6. The number of carbonyl (C=O) groups excluding carboxylic acids is 1. The van der Waals surface area contributed by atoms with Crippen molar-refractivity contribution in [2.75, 3.05) is 13.1 Å². The average molecular weight is 334 g/mol. The van der Waals surface area contributed by atoms with Crippen molar-refractivity contribution in [2.24, 2.45) is 0 Å². The molecular weight excluding hydrogens is 308 g/mol. The molecule has 0 aromatic heterocycles. The van der Waals surface area contributed by atoms with Crippen molar-refractivity contribution in [3.8, 4) is 0 Å². The van der Waals surface area contributed by atoms with E-state index in [4.69, 9.17) is 0 Å². The van der Waals surface area contributed by atoms with Crippen LogP contribution in [0.2, 0.25) is 0 Å². The van der Waals surface area contributed by atoms with E-state index in [-0.39, 0.29) is 11.9 Å². The number of benzene rings is 2. The Morgan fingerprint density at radius 1 is 1.12 bits per heavy atom. The van der Waals surface area contributed by atoms with Gasteiger partial charge in [0, 0.05) is 19.6 Å². The molecule has 2 aromatic rings. The molecule has 1 heterocycles. The number of amides is 1. The zero-order valence-corrected chi connectivity index (χ0v) is 15.0. The summed E-state index contributed by atoms with van der Waals surface area (Å²) < 4.78 is 0. The number of rotatable bonds is 5. The van der Waals surface area contributed by atoms with Crippen molar-refractivity contribution < 1.29 is 4.79 Å². The number of aryl methyl sites for hydroxylation is 1. The van der Waals surface area contributed by atoms with Crippen molar-refractivity contribution in [3.05, 3.63) is 77.4 Å². The van der Waals surface area contributed by atoms with Gasteiger partial charge in [-0.2, -0.15) is 0 Å². The molecule has 1 unspecified atom stereocenters. The van der Waals surface area contributed by atoms with Crippen molar-refractivity contribution in [2.45, 2.75) is 32.9 Å². The van der Waals surface area contributed by atoms with Crippen LogP contribution >= 0.6 is 0 Å². The molecule has 1 aliphatic heterocycles. The molecular formula is C22H26N2O. The molecule has 130 valence electrons. The molecule has 0 saturated heterocycles. The third-order valence-electron chi connectivity index (χ3n) is 4.90. The van der Waals surface area contributed by atoms with E-state index in [2.05, 4.69) is 71.7 Å². The second kappa shape index (κ2) is 8.13. The molecule has 3 nitrogen and oxygen atoms in total. The van der Waals surface area contributed by atoms with Crippen molar-refractivity contribution in [3.63, 3.8) is 0 Å². The lowest BCUT2D eigenvalue weighted by Crippen LogP contribution is -2.46. The number of nitrogens with one attached hydrogen (secondary N) is 1. The predicted octanol–water partition coefficient (Wildman–Crippen LogP) is 3.79. The summed E-state index contributed by atoms with van der Waals surface area (Å²) in [5, 5.41) is 3.06. The van der Waals surface area contributed by atoms with E-state index in [1.54, 1.807) is 0 Å². The van der Waals surface area contributed by atoms with Gasteiger partial charge in [-0.15, -0.1) is 0 Å². The summed E-state index contributed by atoms with van der Waals surface area (Å²) in [6.45, 7) is 6.38. The molecule has 1 amide bonds. The molecule has 1 atom stereocenters. The van der Waals surface area contributed by atoms with Crippen LogP contribution in [0.1, 0.15) is 30.0 Å². The van der Waals surface area contributed by atoms with Gasteiger partial charge in [0.1, 0.15) is 0 Å². The lowest BCUT2D eigenvalue weighted by atomic mass is 9.99. The molecule has 0 bridgehead atoms. The van der Waals surface area contributed by atoms with Crippen LogP contribution in [0.4, 0.5) is 0 Å². The Morgan fingerprint density at radius 2 is 1.84 bits per heavy atom. The Kier molecular flexibility index (Phi) is 5.67. The highest BCUT2D eigenvalue weighted by Gasteiger charge is 2.23. The van der Waals surface area contributed by atoms with Gasteiger partial charge >= 0.3 is 0 Å². The molecule has 0 saturated carbocycles. The number of carbonyl (C=O) groups is 1. The van der Waals surface area contributed by atoms with Gasteiger partial charge in [-0.3, -0.25) is 9.69 Å². The maximum Gasteiger partial charge on any atom is 0.237 e. The largest absolute Gasteiger partial charge is 0.351 e. The Morgan fingerprint density at radius 3 is 2.48 bits per heavy atom. The van der Waals surface area contributed by atoms with Gasteiger partial charge in [0.05, 0.1) is 6.04 Å². The van der Waals surface area contributed by atoms with E-state index >= 15 is 0 Å². The second-order valence-electron chi connectivity index (χ2n) is 6.72. The van der Waals surface area contributed by atoms with E-state index in [9.17, 15) is 4.79 Å². The van der Waals surface area contributed by atoms with Gasteiger partial charge in [-0.25, -0.2) is 0 Å². The van der Waals surface area contributed by atoms with Crippen molar-refractivity contribution >= 4 is 11.5 Å². The van der Waals surface area contributed by atoms with E-state index in [0.717, 1.165) is 25.1 Å². The van der Waals surface area contributed by atoms with E-state index < -0.39 is 0 Å². The molecule has 1 N–H and O–H groups in total. The maximum absolute atomic E-state index is 12.5. The Hall–Kier alpha value is -2.39. The van der Waals surface area contributed by atoms with Gasteiger partial charge in [0.2, 0.25) is 5.91 Å². The first kappa shape index (κ1) is 17.4. The topological polar surface area (TPSA) is 32.3 Å². The third-order valence-corrected chi connectivity index (χ3v) is 4.90. The monoisotopic (exact) mass is 334 g/mol. The summed E-state index contributed by atoms with van der Waals surface area (Å²) in [6, 6.07) is 18.7. The van der Waals surface area contributed by atoms with E-state index in [1.807, 2.05) is 13.0 Å². The van der Waals surface area contributed by atoms with Gasteiger partial charge in [0.15, 0.2) is 0 Å². The van der Waals surface area contributed by atoms with Gasteiger partial charge in [-0.05, 0) is 37.0 Å². The van der Waals surface area contributed by atoms with Crippen LogP contribution in [0.5, 0.6) is 0 Å². The molecule has 25 heavy (non-hydrogen) atoms. The SMILES string of the molecule is Cc1ccc(CNC(=O)C(C)N2CC=C(c3ccccc3)CC2)cc1. The molecule has 0 radical (unpaired) electrons. The summed E-state index contributed by atoms with van der Waals surface area (Å²) in [6.07, 6.45) is 3.24. The molecule has 0 spiro atoms. The van der Waals surface area contributed by atoms with Crippen LogP contribution in [0, 0.1) is 6.92 Å². The molecule has 0 aliphatic carbocycles. The highest BCUT2D eigenvalue weighted by Crippen LogP contribution is 2.23. The summed E-state index contributed by atoms with van der Waals surface area (Å²) in [5.41, 5.74) is 5.04. The average Bonchev–Trinajstić information content (AvgIpc) is 2.67. The summed E-state index contributed by atoms with van der Waals surface area (Å²) in [7, 11) is 0. The molecule has 3 rings (SSSR count). The smallest absolute Gasteiger partial charge is 0.237 e. The fraction of sp³-hybridized carbons (Fsp3) is 0.318. The summed E-state index contributed by atoms with van der Waals surface area (Å²) >= 11 is 0. The van der Waals surface area contributed by atoms with Crippen LogP contribution in [-0.2, 0) is 11.3 Å². The van der Waals surface area contributed by atoms with Crippen molar-refractivity contribution in [1.29, 1.82) is 0 Å². The van der Waals surface area contributed by atoms with Gasteiger partial charge in [0.25, 0.3) is 0 Å². The normalized spacial score (nSPS) is 16.2. The van der Waals surface area contributed by atoms with Crippen LogP contribution in [0.15, 0.2) is 60.7 Å². The lowest BCUT2D eigenvalue weighted by Gasteiger charge is -2.31. The molecule has 0 fully saturated rings. The Bertz CT molecular complexity index is 734. The highest BCUT2D eigenvalue weighted by molar-refractivity contribution is 5.81.